The second-order valence-electron chi connectivity index (χ2n) is 17.0. The van der Waals surface area contributed by atoms with Crippen molar-refractivity contribution in [2.24, 2.45) is 22.4 Å². The number of carbonyl (C=O) groups excluding carboxylic acids is 9. The summed E-state index contributed by atoms with van der Waals surface area (Å²) in [5.74, 6) is -6.32. The lowest BCUT2D eigenvalue weighted by Gasteiger charge is -2.28. The zero-order chi connectivity index (χ0) is 47.9. The van der Waals surface area contributed by atoms with E-state index >= 15 is 0 Å². The van der Waals surface area contributed by atoms with Crippen molar-refractivity contribution in [1.29, 1.82) is 0 Å². The average Bonchev–Trinajstić information content (AvgIpc) is 3.16. The van der Waals surface area contributed by atoms with E-state index in [2.05, 4.69) is 47.5 Å². The molecule has 0 fully saturated rings. The molecular weight excluding hydrogens is 809 g/mol. The SMILES string of the molecule is CCC[C@H](NC(=O)[C@@H](NC(=O)[C@H](C)NC(C)=O)[C@@H](C)O)C(=O)N[C@H](C(=O)N[C@@H](C)C(=O)N[C@@H](CCCN=C(N)N)C(=O)N[C@@H](CCCC[N+](C)(C)C)C(=O)N[C@@H](C)C=O)C(C)C. The quantitative estimate of drug-likeness (QED) is 0.0117. The molecule has 0 aromatic rings. The molecule has 22 nitrogen and oxygen atoms in total. The minimum Gasteiger partial charge on any atom is -0.391 e. The summed E-state index contributed by atoms with van der Waals surface area (Å²) in [6.07, 6.45) is 1.58. The van der Waals surface area contributed by atoms with Crippen LogP contribution in [-0.4, -0.2) is 158 Å². The second kappa shape index (κ2) is 28.3. The molecule has 0 radical (unpaired) electrons. The van der Waals surface area contributed by atoms with E-state index in [1.54, 1.807) is 20.8 Å². The van der Waals surface area contributed by atoms with Crippen LogP contribution < -0.4 is 54.0 Å². The molecule has 13 N–H and O–H groups in total. The van der Waals surface area contributed by atoms with Gasteiger partial charge in [-0.3, -0.25) is 43.3 Å². The largest absolute Gasteiger partial charge is 0.391 e. The Hall–Kier alpha value is -5.38. The molecule has 0 aliphatic carbocycles. The summed E-state index contributed by atoms with van der Waals surface area (Å²) in [6, 6.07) is -9.19. The third-order valence-corrected chi connectivity index (χ3v) is 9.44. The maximum Gasteiger partial charge on any atom is 0.245 e. The van der Waals surface area contributed by atoms with Crippen LogP contribution in [0.3, 0.4) is 0 Å². The van der Waals surface area contributed by atoms with Crippen LogP contribution in [0.5, 0.6) is 0 Å². The molecule has 354 valence electrons. The highest BCUT2D eigenvalue weighted by Crippen LogP contribution is 2.09. The fourth-order valence-corrected chi connectivity index (χ4v) is 5.93. The first-order chi connectivity index (χ1) is 28.7. The molecule has 0 saturated heterocycles. The number of guanidine groups is 1. The van der Waals surface area contributed by atoms with E-state index in [0.717, 1.165) is 13.0 Å². The van der Waals surface area contributed by atoms with Crippen LogP contribution >= 0.6 is 0 Å². The minimum atomic E-state index is -1.49. The predicted molar refractivity (Wildman–Crippen MR) is 232 cm³/mol. The average molecular weight is 884 g/mol. The summed E-state index contributed by atoms with van der Waals surface area (Å²) in [4.78, 5) is 120. The molecule has 0 saturated carbocycles. The number of aliphatic hydroxyl groups excluding tert-OH is 1. The van der Waals surface area contributed by atoms with Crippen LogP contribution in [0, 0.1) is 5.92 Å². The van der Waals surface area contributed by atoms with Crippen molar-refractivity contribution in [3.63, 3.8) is 0 Å². The number of nitrogens with zero attached hydrogens (tertiary/aromatic N) is 2. The number of carbonyl (C=O) groups is 9. The molecule has 0 unspecified atom stereocenters. The van der Waals surface area contributed by atoms with Gasteiger partial charge < -0.3 is 68.4 Å². The van der Waals surface area contributed by atoms with E-state index in [9.17, 15) is 48.3 Å². The second-order valence-corrected chi connectivity index (χ2v) is 17.0. The van der Waals surface area contributed by atoms with Crippen LogP contribution in [0.2, 0.25) is 0 Å². The number of aliphatic hydroxyl groups is 1. The van der Waals surface area contributed by atoms with E-state index in [4.69, 9.17) is 11.5 Å². The lowest BCUT2D eigenvalue weighted by Crippen LogP contribution is -2.61. The number of aldehydes is 1. The number of rotatable bonds is 29. The molecule has 0 spiro atoms. The zero-order valence-corrected chi connectivity index (χ0v) is 38.4. The van der Waals surface area contributed by atoms with Gasteiger partial charge in [-0.05, 0) is 72.1 Å². The number of amides is 8. The van der Waals surface area contributed by atoms with Crippen molar-refractivity contribution in [3.8, 4) is 0 Å². The molecule has 9 atom stereocenters. The summed E-state index contributed by atoms with van der Waals surface area (Å²) in [7, 11) is 6.09. The number of aliphatic imine (C=N–C) groups is 1. The summed E-state index contributed by atoms with van der Waals surface area (Å²) in [5, 5.41) is 30.7. The highest BCUT2D eigenvalue weighted by atomic mass is 16.3. The van der Waals surface area contributed by atoms with Crippen LogP contribution in [0.4, 0.5) is 0 Å². The highest BCUT2D eigenvalue weighted by Gasteiger charge is 2.34. The first-order valence-corrected chi connectivity index (χ1v) is 21.1. The number of nitrogens with two attached hydrogens (primary N) is 2. The summed E-state index contributed by atoms with van der Waals surface area (Å²) in [5.41, 5.74) is 10.9. The lowest BCUT2D eigenvalue weighted by atomic mass is 10.0. The van der Waals surface area contributed by atoms with Crippen LogP contribution in [0.15, 0.2) is 4.99 Å². The van der Waals surface area contributed by atoms with Crippen molar-refractivity contribution in [2.45, 2.75) is 155 Å². The molecule has 0 aliphatic heterocycles. The lowest BCUT2D eigenvalue weighted by molar-refractivity contribution is -0.870. The van der Waals surface area contributed by atoms with Gasteiger partial charge in [0.25, 0.3) is 0 Å². The minimum absolute atomic E-state index is 0.0404. The van der Waals surface area contributed by atoms with Gasteiger partial charge in [-0.1, -0.05) is 27.2 Å². The number of nitrogens with one attached hydrogen (secondary N) is 8. The molecule has 62 heavy (non-hydrogen) atoms. The molecule has 0 rings (SSSR count). The van der Waals surface area contributed by atoms with Crippen LogP contribution in [0.1, 0.15) is 100 Å². The highest BCUT2D eigenvalue weighted by molar-refractivity contribution is 5.97. The molecule has 0 bridgehead atoms. The van der Waals surface area contributed by atoms with E-state index in [1.165, 1.54) is 34.6 Å². The Balaban J connectivity index is 6.11. The normalized spacial score (nSPS) is 15.6. The monoisotopic (exact) mass is 884 g/mol. The van der Waals surface area contributed by atoms with Gasteiger partial charge in [-0.25, -0.2) is 0 Å². The Morgan fingerprint density at radius 3 is 1.55 bits per heavy atom. The van der Waals surface area contributed by atoms with Gasteiger partial charge in [0.1, 0.15) is 48.6 Å². The van der Waals surface area contributed by atoms with Gasteiger partial charge in [-0.2, -0.15) is 0 Å². The third-order valence-electron chi connectivity index (χ3n) is 9.44. The number of hydrogen-bond donors (Lipinski definition) is 11. The maximum atomic E-state index is 13.7. The van der Waals surface area contributed by atoms with Gasteiger partial charge >= 0.3 is 0 Å². The van der Waals surface area contributed by atoms with Crippen LogP contribution in [0.25, 0.3) is 0 Å². The van der Waals surface area contributed by atoms with Crippen molar-refractivity contribution >= 4 is 59.5 Å². The van der Waals surface area contributed by atoms with Gasteiger partial charge in [0.05, 0.1) is 39.8 Å². The number of quaternary nitrogens is 1. The Morgan fingerprint density at radius 1 is 0.597 bits per heavy atom. The zero-order valence-electron chi connectivity index (χ0n) is 38.4. The van der Waals surface area contributed by atoms with Crippen molar-refractivity contribution in [3.05, 3.63) is 0 Å². The van der Waals surface area contributed by atoms with Crippen molar-refractivity contribution in [1.82, 2.24) is 42.5 Å². The standard InChI is InChI=1S/C40H74N12O10/c1-12-16-28(49-39(62)32(26(7)54)51-34(57)24(5)45-27(8)55)37(60)50-31(22(2)3)38(61)46-25(6)33(56)47-30(18-15-19-43-40(41)42)36(59)48-29(35(58)44-23(4)21-53)17-13-14-20-52(9,10)11/h21-26,28-32,54H,12-20H2,1-11H3,(H11-,41,42,43,44,45,46,47,48,49,50,51,55,56,57,58,59,60,61,62)/p+1/t23-,24-,25-,26+,28-,29-,30-,31-,32-/m0/s1. The Bertz CT molecular complexity index is 1550. The third kappa shape index (κ3) is 23.0. The van der Waals surface area contributed by atoms with Crippen molar-refractivity contribution in [2.75, 3.05) is 34.2 Å². The first-order valence-electron chi connectivity index (χ1n) is 21.1. The van der Waals surface area contributed by atoms with E-state index in [-0.39, 0.29) is 38.2 Å². The molecule has 0 heterocycles. The van der Waals surface area contributed by atoms with Gasteiger partial charge in [0.15, 0.2) is 5.96 Å². The Morgan fingerprint density at radius 2 is 1.05 bits per heavy atom. The Labute approximate surface area is 365 Å². The van der Waals surface area contributed by atoms with Gasteiger partial charge in [0.2, 0.25) is 47.3 Å². The smallest absolute Gasteiger partial charge is 0.245 e. The fourth-order valence-electron chi connectivity index (χ4n) is 5.93. The summed E-state index contributed by atoms with van der Waals surface area (Å²) < 4.78 is 0.697. The van der Waals surface area contributed by atoms with E-state index < -0.39 is 108 Å². The van der Waals surface area contributed by atoms with Crippen LogP contribution in [-0.2, 0) is 43.2 Å². The number of hydrogen-bond acceptors (Lipinski definition) is 11. The van der Waals surface area contributed by atoms with E-state index in [0.29, 0.717) is 23.6 Å². The number of unbranched alkanes of at least 4 members (excludes halogenated alkanes) is 1. The fraction of sp³-hybridized carbons (Fsp3) is 0.750. The maximum absolute atomic E-state index is 13.7. The molecule has 0 aromatic heterocycles. The van der Waals surface area contributed by atoms with E-state index in [1.807, 2.05) is 21.1 Å². The summed E-state index contributed by atoms with van der Waals surface area (Å²) in [6.45, 7) is 12.7. The van der Waals surface area contributed by atoms with Crippen molar-refractivity contribution < 1.29 is 52.7 Å². The molecule has 8 amide bonds. The Kier molecular flexibility index (Phi) is 25.8. The molecule has 0 aromatic carbocycles. The molecule has 0 aliphatic rings. The van der Waals surface area contributed by atoms with Gasteiger partial charge in [0, 0.05) is 13.5 Å². The van der Waals surface area contributed by atoms with Gasteiger partial charge in [-0.15, -0.1) is 0 Å². The summed E-state index contributed by atoms with van der Waals surface area (Å²) >= 11 is 0. The molecule has 22 heteroatoms. The predicted octanol–water partition coefficient (Wildman–Crippen LogP) is -3.09. The first kappa shape index (κ1) is 56.6. The molecular formula is C40H75N12O10+. The topological polar surface area (TPSA) is 334 Å².